The molecule has 0 saturated carbocycles. The van der Waals surface area contributed by atoms with Crippen molar-refractivity contribution >= 4 is 5.69 Å². The molecule has 1 aliphatic rings. The fourth-order valence-corrected chi connectivity index (χ4v) is 2.30. The van der Waals surface area contributed by atoms with Crippen molar-refractivity contribution in [2.75, 3.05) is 24.5 Å². The van der Waals surface area contributed by atoms with Gasteiger partial charge in [0, 0.05) is 19.1 Å². The molecule has 88 valence electrons. The van der Waals surface area contributed by atoms with E-state index in [2.05, 4.69) is 17.1 Å². The first-order valence-electron chi connectivity index (χ1n) is 5.95. The highest BCUT2D eigenvalue weighted by Crippen LogP contribution is 2.24. The summed E-state index contributed by atoms with van der Waals surface area (Å²) in [5, 5.41) is 3.41. The van der Waals surface area contributed by atoms with Crippen molar-refractivity contribution in [3.8, 4) is 0 Å². The Kier molecular flexibility index (Phi) is 3.44. The van der Waals surface area contributed by atoms with Crippen LogP contribution >= 0.6 is 0 Å². The molecule has 1 unspecified atom stereocenters. The van der Waals surface area contributed by atoms with E-state index in [0.29, 0.717) is 6.04 Å². The Hall–Kier alpha value is -1.09. The van der Waals surface area contributed by atoms with E-state index in [-0.39, 0.29) is 5.82 Å². The molecule has 1 saturated heterocycles. The molecule has 1 aromatic carbocycles. The van der Waals surface area contributed by atoms with Crippen LogP contribution in [-0.2, 0) is 0 Å². The van der Waals surface area contributed by atoms with Crippen molar-refractivity contribution in [2.24, 2.45) is 0 Å². The quantitative estimate of drug-likeness (QED) is 0.844. The summed E-state index contributed by atoms with van der Waals surface area (Å²) < 4.78 is 13.7. The van der Waals surface area contributed by atoms with Gasteiger partial charge in [0.05, 0.1) is 5.69 Å². The van der Waals surface area contributed by atoms with Gasteiger partial charge in [0.15, 0.2) is 0 Å². The lowest BCUT2D eigenvalue weighted by Crippen LogP contribution is -2.32. The monoisotopic (exact) mass is 222 g/mol. The smallest absolute Gasteiger partial charge is 0.146 e. The molecular weight excluding hydrogens is 203 g/mol. The molecule has 1 aliphatic heterocycles. The summed E-state index contributed by atoms with van der Waals surface area (Å²) in [5.74, 6) is -0.109. The third-order valence-electron chi connectivity index (χ3n) is 3.12. The molecule has 1 aromatic rings. The molecule has 0 aromatic heterocycles. The van der Waals surface area contributed by atoms with Gasteiger partial charge in [-0.25, -0.2) is 4.39 Å². The van der Waals surface area contributed by atoms with Gasteiger partial charge in [0.2, 0.25) is 0 Å². The number of rotatable bonds is 3. The summed E-state index contributed by atoms with van der Waals surface area (Å²) in [7, 11) is 0. The van der Waals surface area contributed by atoms with Crippen LogP contribution < -0.4 is 10.2 Å². The second-order valence-corrected chi connectivity index (χ2v) is 4.44. The van der Waals surface area contributed by atoms with Crippen molar-refractivity contribution in [1.82, 2.24) is 5.32 Å². The Labute approximate surface area is 96.5 Å². The normalized spacial score (nSPS) is 20.4. The zero-order chi connectivity index (χ0) is 11.5. The highest BCUT2D eigenvalue weighted by atomic mass is 19.1. The van der Waals surface area contributed by atoms with Gasteiger partial charge in [-0.2, -0.15) is 0 Å². The number of likely N-dealkylation sites (N-methyl/N-ethyl adjacent to an activating group) is 1. The third kappa shape index (κ3) is 2.35. The van der Waals surface area contributed by atoms with Crippen molar-refractivity contribution in [2.45, 2.75) is 26.3 Å². The van der Waals surface area contributed by atoms with Crippen molar-refractivity contribution in [3.05, 3.63) is 29.6 Å². The fourth-order valence-electron chi connectivity index (χ4n) is 2.30. The molecule has 2 rings (SSSR count). The summed E-state index contributed by atoms with van der Waals surface area (Å²) in [6.07, 6.45) is 1.10. The van der Waals surface area contributed by atoms with Crippen LogP contribution in [0.4, 0.5) is 10.1 Å². The topological polar surface area (TPSA) is 15.3 Å². The van der Waals surface area contributed by atoms with Crippen LogP contribution in [0.3, 0.4) is 0 Å². The van der Waals surface area contributed by atoms with Crippen molar-refractivity contribution < 1.29 is 4.39 Å². The Morgan fingerprint density at radius 2 is 2.31 bits per heavy atom. The SMILES string of the molecule is CCNC1CCN(c2cc(C)ccc2F)C1. The second kappa shape index (κ2) is 4.83. The van der Waals surface area contributed by atoms with Crippen LogP contribution in [0, 0.1) is 12.7 Å². The molecule has 0 spiro atoms. The lowest BCUT2D eigenvalue weighted by atomic mass is 10.2. The standard InChI is InChI=1S/C13H19FN2/c1-3-15-11-6-7-16(9-11)13-8-10(2)4-5-12(13)14/h4-5,8,11,15H,3,6-7,9H2,1-2H3. The minimum Gasteiger partial charge on any atom is -0.368 e. The van der Waals surface area contributed by atoms with Crippen LogP contribution in [0.25, 0.3) is 0 Å². The maximum Gasteiger partial charge on any atom is 0.146 e. The first kappa shape index (κ1) is 11.4. The summed E-state index contributed by atoms with van der Waals surface area (Å²) in [6, 6.07) is 5.82. The van der Waals surface area contributed by atoms with Gasteiger partial charge in [0.1, 0.15) is 5.82 Å². The Balaban J connectivity index is 2.11. The summed E-state index contributed by atoms with van der Waals surface area (Å²) in [4.78, 5) is 2.13. The molecule has 0 radical (unpaired) electrons. The predicted octanol–water partition coefficient (Wildman–Crippen LogP) is 2.32. The van der Waals surface area contributed by atoms with Crippen LogP contribution in [0.15, 0.2) is 18.2 Å². The summed E-state index contributed by atoms with van der Waals surface area (Å²) in [6.45, 7) is 6.94. The molecule has 1 N–H and O–H groups in total. The average molecular weight is 222 g/mol. The number of anilines is 1. The minimum absolute atomic E-state index is 0.109. The van der Waals surface area contributed by atoms with Gasteiger partial charge < -0.3 is 10.2 Å². The van der Waals surface area contributed by atoms with Gasteiger partial charge in [-0.05, 0) is 37.6 Å². The molecule has 0 bridgehead atoms. The first-order chi connectivity index (χ1) is 7.70. The molecule has 1 heterocycles. The average Bonchev–Trinajstić information content (AvgIpc) is 2.71. The van der Waals surface area contributed by atoms with Crippen LogP contribution in [0.1, 0.15) is 18.9 Å². The van der Waals surface area contributed by atoms with E-state index in [9.17, 15) is 4.39 Å². The summed E-state index contributed by atoms with van der Waals surface area (Å²) in [5.41, 5.74) is 1.86. The molecule has 0 aliphatic carbocycles. The van der Waals surface area contributed by atoms with E-state index >= 15 is 0 Å². The molecule has 2 nitrogen and oxygen atoms in total. The number of nitrogens with one attached hydrogen (secondary N) is 1. The van der Waals surface area contributed by atoms with Crippen LogP contribution in [0.2, 0.25) is 0 Å². The number of benzene rings is 1. The van der Waals surface area contributed by atoms with Crippen LogP contribution in [-0.4, -0.2) is 25.7 Å². The molecule has 16 heavy (non-hydrogen) atoms. The lowest BCUT2D eigenvalue weighted by Gasteiger charge is -2.20. The first-order valence-corrected chi connectivity index (χ1v) is 5.95. The maximum atomic E-state index is 13.7. The Morgan fingerprint density at radius 1 is 1.50 bits per heavy atom. The van der Waals surface area contributed by atoms with Crippen molar-refractivity contribution in [3.63, 3.8) is 0 Å². The van der Waals surface area contributed by atoms with E-state index in [1.165, 1.54) is 0 Å². The molecule has 1 fully saturated rings. The van der Waals surface area contributed by atoms with E-state index in [1.807, 2.05) is 19.1 Å². The minimum atomic E-state index is -0.109. The number of aryl methyl sites for hydroxylation is 1. The Morgan fingerprint density at radius 3 is 3.06 bits per heavy atom. The van der Waals surface area contributed by atoms with Crippen molar-refractivity contribution in [1.29, 1.82) is 0 Å². The maximum absolute atomic E-state index is 13.7. The van der Waals surface area contributed by atoms with E-state index < -0.39 is 0 Å². The predicted molar refractivity (Wildman–Crippen MR) is 65.4 cm³/mol. The largest absolute Gasteiger partial charge is 0.368 e. The number of nitrogens with zero attached hydrogens (tertiary/aromatic N) is 1. The molecule has 3 heteroatoms. The number of hydrogen-bond acceptors (Lipinski definition) is 2. The zero-order valence-electron chi connectivity index (χ0n) is 9.96. The van der Waals surface area contributed by atoms with E-state index in [1.54, 1.807) is 6.07 Å². The number of halogens is 1. The summed E-state index contributed by atoms with van der Waals surface area (Å²) >= 11 is 0. The van der Waals surface area contributed by atoms with E-state index in [4.69, 9.17) is 0 Å². The fraction of sp³-hybridized carbons (Fsp3) is 0.538. The van der Waals surface area contributed by atoms with Gasteiger partial charge in [-0.3, -0.25) is 0 Å². The van der Waals surface area contributed by atoms with Gasteiger partial charge in [-0.1, -0.05) is 13.0 Å². The van der Waals surface area contributed by atoms with E-state index in [0.717, 1.165) is 37.3 Å². The zero-order valence-corrected chi connectivity index (χ0v) is 9.96. The molecule has 0 amide bonds. The Bertz CT molecular complexity index is 365. The molecule has 1 atom stereocenters. The van der Waals surface area contributed by atoms with Gasteiger partial charge >= 0.3 is 0 Å². The lowest BCUT2D eigenvalue weighted by molar-refractivity contribution is 0.570. The highest BCUT2D eigenvalue weighted by Gasteiger charge is 2.23. The van der Waals surface area contributed by atoms with Gasteiger partial charge in [-0.15, -0.1) is 0 Å². The highest BCUT2D eigenvalue weighted by molar-refractivity contribution is 5.50. The second-order valence-electron chi connectivity index (χ2n) is 4.44. The molecular formula is C13H19FN2. The number of hydrogen-bond donors (Lipinski definition) is 1. The third-order valence-corrected chi connectivity index (χ3v) is 3.12. The van der Waals surface area contributed by atoms with Gasteiger partial charge in [0.25, 0.3) is 0 Å². The van der Waals surface area contributed by atoms with Crippen LogP contribution in [0.5, 0.6) is 0 Å².